The van der Waals surface area contributed by atoms with E-state index in [2.05, 4.69) is 10.0 Å². The van der Waals surface area contributed by atoms with Crippen molar-refractivity contribution in [3.63, 3.8) is 0 Å². The monoisotopic (exact) mass is 450 g/mol. The molecule has 0 aliphatic carbocycles. The summed E-state index contributed by atoms with van der Waals surface area (Å²) in [6.07, 6.45) is 0.700. The van der Waals surface area contributed by atoms with Crippen molar-refractivity contribution < 1.29 is 18.0 Å². The first kappa shape index (κ1) is 23.4. The standard InChI is InChI=1S/C25H26N2O4S/c1-18(21-7-4-3-5-8-21)27-32(30,31)24-14-11-20(12-15-24)13-16-25(29)26-23-10-6-9-22(17-23)19(2)28/h3-12,14-15,17-18,27H,13,16H2,1-2H3,(H,26,29)/t18-/m0/s1. The minimum Gasteiger partial charge on any atom is -0.326 e. The van der Waals surface area contributed by atoms with Gasteiger partial charge in [0.05, 0.1) is 4.90 Å². The average molecular weight is 451 g/mol. The van der Waals surface area contributed by atoms with Gasteiger partial charge < -0.3 is 5.32 Å². The summed E-state index contributed by atoms with van der Waals surface area (Å²) < 4.78 is 28.0. The highest BCUT2D eigenvalue weighted by molar-refractivity contribution is 7.89. The molecule has 0 aliphatic rings. The highest BCUT2D eigenvalue weighted by Gasteiger charge is 2.18. The minimum absolute atomic E-state index is 0.0659. The number of carbonyl (C=O) groups excluding carboxylic acids is 2. The van der Waals surface area contributed by atoms with E-state index in [9.17, 15) is 18.0 Å². The lowest BCUT2D eigenvalue weighted by Crippen LogP contribution is -2.26. The van der Waals surface area contributed by atoms with Crippen LogP contribution in [0.15, 0.2) is 83.8 Å². The summed E-state index contributed by atoms with van der Waals surface area (Å²) in [6, 6.07) is 22.3. The molecule has 1 atom stereocenters. The largest absolute Gasteiger partial charge is 0.326 e. The van der Waals surface area contributed by atoms with E-state index in [1.54, 1.807) is 55.5 Å². The van der Waals surface area contributed by atoms with Crippen LogP contribution in [0.25, 0.3) is 0 Å². The summed E-state index contributed by atoms with van der Waals surface area (Å²) in [6.45, 7) is 3.27. The van der Waals surface area contributed by atoms with Crippen LogP contribution in [0.2, 0.25) is 0 Å². The van der Waals surface area contributed by atoms with Crippen molar-refractivity contribution in [2.75, 3.05) is 5.32 Å². The van der Waals surface area contributed by atoms with Crippen LogP contribution in [0.1, 0.15) is 47.8 Å². The molecule has 3 rings (SSSR count). The van der Waals surface area contributed by atoms with Gasteiger partial charge in [0.25, 0.3) is 0 Å². The molecule has 0 saturated carbocycles. The summed E-state index contributed by atoms with van der Waals surface area (Å²) in [5.74, 6) is -0.246. The predicted octanol–water partition coefficient (Wildman–Crippen LogP) is 4.50. The van der Waals surface area contributed by atoms with E-state index < -0.39 is 10.0 Å². The van der Waals surface area contributed by atoms with Crippen LogP contribution in [-0.2, 0) is 21.2 Å². The van der Waals surface area contributed by atoms with Gasteiger partial charge in [-0.15, -0.1) is 0 Å². The Morgan fingerprint density at radius 3 is 2.25 bits per heavy atom. The molecule has 0 heterocycles. The molecular weight excluding hydrogens is 424 g/mol. The number of hydrogen-bond donors (Lipinski definition) is 2. The van der Waals surface area contributed by atoms with Gasteiger partial charge in [-0.3, -0.25) is 9.59 Å². The van der Waals surface area contributed by atoms with Crippen molar-refractivity contribution >= 4 is 27.4 Å². The molecule has 0 radical (unpaired) electrons. The fourth-order valence-corrected chi connectivity index (χ4v) is 4.48. The fraction of sp³-hybridized carbons (Fsp3) is 0.200. The number of carbonyl (C=O) groups is 2. The number of nitrogens with one attached hydrogen (secondary N) is 2. The number of amides is 1. The van der Waals surface area contributed by atoms with Crippen LogP contribution in [0.4, 0.5) is 5.69 Å². The first-order valence-electron chi connectivity index (χ1n) is 10.3. The van der Waals surface area contributed by atoms with Crippen molar-refractivity contribution in [2.45, 2.75) is 37.6 Å². The number of sulfonamides is 1. The molecular formula is C25H26N2O4S. The highest BCUT2D eigenvalue weighted by atomic mass is 32.2. The van der Waals surface area contributed by atoms with Crippen LogP contribution < -0.4 is 10.0 Å². The predicted molar refractivity (Wildman–Crippen MR) is 125 cm³/mol. The van der Waals surface area contributed by atoms with Crippen LogP contribution in [-0.4, -0.2) is 20.1 Å². The Labute approximate surface area is 188 Å². The molecule has 7 heteroatoms. The smallest absolute Gasteiger partial charge is 0.241 e. The number of aryl methyl sites for hydroxylation is 1. The van der Waals surface area contributed by atoms with Crippen LogP contribution in [0.5, 0.6) is 0 Å². The second-order valence-corrected chi connectivity index (χ2v) is 9.30. The molecule has 32 heavy (non-hydrogen) atoms. The molecule has 0 spiro atoms. The van der Waals surface area contributed by atoms with Gasteiger partial charge in [0.2, 0.25) is 15.9 Å². The molecule has 0 aromatic heterocycles. The molecule has 0 unspecified atom stereocenters. The molecule has 0 saturated heterocycles. The minimum atomic E-state index is -3.66. The quantitative estimate of drug-likeness (QED) is 0.470. The number of anilines is 1. The summed E-state index contributed by atoms with van der Waals surface area (Å²) >= 11 is 0. The van der Waals surface area contributed by atoms with Gasteiger partial charge in [-0.2, -0.15) is 0 Å². The topological polar surface area (TPSA) is 92.3 Å². The van der Waals surface area contributed by atoms with Crippen molar-refractivity contribution in [2.24, 2.45) is 0 Å². The van der Waals surface area contributed by atoms with Crippen molar-refractivity contribution in [1.29, 1.82) is 0 Å². The molecule has 3 aromatic rings. The number of rotatable bonds is 9. The molecule has 0 aliphatic heterocycles. The zero-order valence-electron chi connectivity index (χ0n) is 18.0. The second-order valence-electron chi connectivity index (χ2n) is 7.58. The lowest BCUT2D eigenvalue weighted by atomic mass is 10.1. The summed E-state index contributed by atoms with van der Waals surface area (Å²) in [4.78, 5) is 23.9. The fourth-order valence-electron chi connectivity index (χ4n) is 3.24. The second kappa shape index (κ2) is 10.3. The van der Waals surface area contributed by atoms with Crippen molar-refractivity contribution in [3.8, 4) is 0 Å². The summed E-state index contributed by atoms with van der Waals surface area (Å²) in [7, 11) is -3.66. The SMILES string of the molecule is CC(=O)c1cccc(NC(=O)CCc2ccc(S(=O)(=O)N[C@@H](C)c3ccccc3)cc2)c1. The van der Waals surface area contributed by atoms with E-state index in [0.29, 0.717) is 17.7 Å². The van der Waals surface area contributed by atoms with E-state index >= 15 is 0 Å². The normalized spacial score (nSPS) is 12.2. The lowest BCUT2D eigenvalue weighted by Gasteiger charge is -2.15. The molecule has 3 aromatic carbocycles. The maximum Gasteiger partial charge on any atom is 0.241 e. The lowest BCUT2D eigenvalue weighted by molar-refractivity contribution is -0.116. The Morgan fingerprint density at radius 1 is 0.906 bits per heavy atom. The number of Topliss-reactive ketones (excluding diaryl/α,β-unsaturated/α-hetero) is 1. The van der Waals surface area contributed by atoms with Gasteiger partial charge in [0.1, 0.15) is 0 Å². The molecule has 6 nitrogen and oxygen atoms in total. The van der Waals surface area contributed by atoms with Gasteiger partial charge in [-0.1, -0.05) is 54.6 Å². The van der Waals surface area contributed by atoms with Gasteiger partial charge >= 0.3 is 0 Å². The molecule has 2 N–H and O–H groups in total. The third-order valence-electron chi connectivity index (χ3n) is 5.06. The number of hydrogen-bond acceptors (Lipinski definition) is 4. The van der Waals surface area contributed by atoms with Crippen LogP contribution in [0.3, 0.4) is 0 Å². The highest BCUT2D eigenvalue weighted by Crippen LogP contribution is 2.18. The molecule has 1 amide bonds. The van der Waals surface area contributed by atoms with E-state index in [-0.39, 0.29) is 29.0 Å². The first-order valence-corrected chi connectivity index (χ1v) is 11.8. The first-order chi connectivity index (χ1) is 15.2. The van der Waals surface area contributed by atoms with E-state index in [1.165, 1.54) is 6.92 Å². The third-order valence-corrected chi connectivity index (χ3v) is 6.62. The van der Waals surface area contributed by atoms with Gasteiger partial charge in [0, 0.05) is 23.7 Å². The van der Waals surface area contributed by atoms with Crippen LogP contribution in [0, 0.1) is 0 Å². The van der Waals surface area contributed by atoms with Gasteiger partial charge in [0.15, 0.2) is 5.78 Å². The third kappa shape index (κ3) is 6.35. The van der Waals surface area contributed by atoms with Crippen molar-refractivity contribution in [1.82, 2.24) is 4.72 Å². The average Bonchev–Trinajstić information content (AvgIpc) is 2.78. The maximum absolute atomic E-state index is 12.7. The van der Waals surface area contributed by atoms with E-state index in [4.69, 9.17) is 0 Å². The van der Waals surface area contributed by atoms with Gasteiger partial charge in [-0.05, 0) is 55.7 Å². The number of ketones is 1. The number of benzene rings is 3. The Balaban J connectivity index is 1.56. The van der Waals surface area contributed by atoms with Crippen molar-refractivity contribution in [3.05, 3.63) is 95.6 Å². The zero-order valence-corrected chi connectivity index (χ0v) is 18.9. The Kier molecular flexibility index (Phi) is 7.56. The molecule has 0 bridgehead atoms. The Hall–Kier alpha value is -3.29. The maximum atomic E-state index is 12.7. The van der Waals surface area contributed by atoms with Gasteiger partial charge in [-0.25, -0.2) is 13.1 Å². The summed E-state index contributed by atoms with van der Waals surface area (Å²) in [5, 5.41) is 2.78. The van der Waals surface area contributed by atoms with Crippen LogP contribution >= 0.6 is 0 Å². The summed E-state index contributed by atoms with van der Waals surface area (Å²) in [5.41, 5.74) is 2.85. The molecule has 0 fully saturated rings. The van der Waals surface area contributed by atoms with E-state index in [1.807, 2.05) is 30.3 Å². The van der Waals surface area contributed by atoms with E-state index in [0.717, 1.165) is 11.1 Å². The molecule has 166 valence electrons. The Morgan fingerprint density at radius 2 is 1.59 bits per heavy atom. The Bertz CT molecular complexity index is 1190. The zero-order chi connectivity index (χ0) is 23.1.